The number of fused-ring (bicyclic) bond motifs is 2. The molecule has 154 valence electrons. The van der Waals surface area contributed by atoms with Gasteiger partial charge in [0.05, 0.1) is 28.6 Å². The van der Waals surface area contributed by atoms with Gasteiger partial charge in [0.1, 0.15) is 17.0 Å². The average molecular weight is 420 g/mol. The summed E-state index contributed by atoms with van der Waals surface area (Å²) >= 11 is 0. The molecule has 0 fully saturated rings. The van der Waals surface area contributed by atoms with Crippen molar-refractivity contribution in [3.8, 4) is 33.8 Å². The Kier molecular flexibility index (Phi) is 4.07. The minimum absolute atomic E-state index is 0.284. The van der Waals surface area contributed by atoms with Crippen LogP contribution in [0.3, 0.4) is 0 Å². The highest BCUT2D eigenvalue weighted by Gasteiger charge is 2.17. The van der Waals surface area contributed by atoms with Crippen molar-refractivity contribution in [3.63, 3.8) is 0 Å². The van der Waals surface area contributed by atoms with E-state index < -0.39 is 0 Å². The average Bonchev–Trinajstić information content (AvgIpc) is 3.43. The molecule has 0 radical (unpaired) electrons. The largest absolute Gasteiger partial charge is 0.352 e. The number of hydrogen-bond donors (Lipinski definition) is 2. The van der Waals surface area contributed by atoms with E-state index >= 15 is 0 Å². The molecule has 2 N–H and O–H groups in total. The summed E-state index contributed by atoms with van der Waals surface area (Å²) in [6.07, 6.45) is 7.00. The molecule has 0 spiro atoms. The Hall–Kier alpha value is -4.39. The van der Waals surface area contributed by atoms with Gasteiger partial charge in [-0.1, -0.05) is 18.2 Å². The Bertz CT molecular complexity index is 1610. The van der Waals surface area contributed by atoms with Crippen molar-refractivity contribution in [2.45, 2.75) is 6.92 Å². The predicted octanol–water partition coefficient (Wildman–Crippen LogP) is 5.68. The van der Waals surface area contributed by atoms with Gasteiger partial charge in [0.25, 0.3) is 0 Å². The zero-order valence-corrected chi connectivity index (χ0v) is 17.1. The van der Waals surface area contributed by atoms with Crippen molar-refractivity contribution in [3.05, 3.63) is 84.7 Å². The van der Waals surface area contributed by atoms with Crippen LogP contribution in [0.1, 0.15) is 5.56 Å². The van der Waals surface area contributed by atoms with E-state index in [1.807, 2.05) is 43.5 Å². The molecule has 32 heavy (non-hydrogen) atoms. The molecule has 0 unspecified atom stereocenters. The normalized spacial score (nSPS) is 11.4. The molecule has 6 rings (SSSR count). The van der Waals surface area contributed by atoms with E-state index in [9.17, 15) is 4.39 Å². The van der Waals surface area contributed by atoms with Gasteiger partial charge in [0, 0.05) is 40.7 Å². The van der Waals surface area contributed by atoms with Crippen LogP contribution in [-0.2, 0) is 0 Å². The molecule has 0 aliphatic carbocycles. The molecule has 7 heteroatoms. The number of benzene rings is 1. The maximum absolute atomic E-state index is 14.5. The standard InChI is InChI=1S/C25H17FN6/c1-14-8-9-27-11-17(14)20-6-7-21-24(30-20)25(32-31-21)22-10-16-18(12-28-13-23(16)29-22)15-4-2-3-5-19(15)26/h2-13,29H,1H3,(H,31,32). The SMILES string of the molecule is Cc1ccncc1-c1ccc2[nH]nc(-c3cc4c(-c5ccccc5F)cncc4[nH]3)c2n1. The van der Waals surface area contributed by atoms with Gasteiger partial charge in [0.15, 0.2) is 0 Å². The van der Waals surface area contributed by atoms with E-state index in [1.165, 1.54) is 6.07 Å². The van der Waals surface area contributed by atoms with E-state index in [0.717, 1.165) is 50.0 Å². The van der Waals surface area contributed by atoms with Crippen molar-refractivity contribution >= 4 is 21.9 Å². The second-order valence-corrected chi connectivity index (χ2v) is 7.67. The summed E-state index contributed by atoms with van der Waals surface area (Å²) in [5.41, 5.74) is 8.00. The Balaban J connectivity index is 1.53. The molecule has 6 aromatic rings. The van der Waals surface area contributed by atoms with Gasteiger partial charge < -0.3 is 4.98 Å². The first-order valence-electron chi connectivity index (χ1n) is 10.2. The number of H-pyrrole nitrogens is 2. The Morgan fingerprint density at radius 2 is 1.72 bits per heavy atom. The van der Waals surface area contributed by atoms with Crippen LogP contribution >= 0.6 is 0 Å². The first kappa shape index (κ1) is 18.4. The smallest absolute Gasteiger partial charge is 0.135 e. The molecule has 5 aromatic heterocycles. The van der Waals surface area contributed by atoms with Crippen LogP contribution in [0.5, 0.6) is 0 Å². The fourth-order valence-corrected chi connectivity index (χ4v) is 4.04. The topological polar surface area (TPSA) is 83.1 Å². The first-order chi connectivity index (χ1) is 15.7. The molecule has 0 aliphatic rings. The third kappa shape index (κ3) is 2.86. The van der Waals surface area contributed by atoms with Crippen molar-refractivity contribution in [1.29, 1.82) is 0 Å². The van der Waals surface area contributed by atoms with Gasteiger partial charge >= 0.3 is 0 Å². The highest BCUT2D eigenvalue weighted by atomic mass is 19.1. The molecular weight excluding hydrogens is 403 g/mol. The van der Waals surface area contributed by atoms with Crippen LogP contribution in [-0.4, -0.2) is 30.1 Å². The molecule has 5 heterocycles. The number of rotatable bonds is 3. The van der Waals surface area contributed by atoms with Crippen molar-refractivity contribution in [1.82, 2.24) is 30.1 Å². The van der Waals surface area contributed by atoms with Gasteiger partial charge in [-0.15, -0.1) is 0 Å². The fourth-order valence-electron chi connectivity index (χ4n) is 4.04. The van der Waals surface area contributed by atoms with Crippen LogP contribution in [0.25, 0.3) is 55.7 Å². The minimum atomic E-state index is -0.284. The summed E-state index contributed by atoms with van der Waals surface area (Å²) in [4.78, 5) is 16.8. The Morgan fingerprint density at radius 3 is 2.59 bits per heavy atom. The molecular formula is C25H17FN6. The number of nitrogens with zero attached hydrogens (tertiary/aromatic N) is 4. The van der Waals surface area contributed by atoms with Gasteiger partial charge in [-0.2, -0.15) is 5.10 Å². The van der Waals surface area contributed by atoms with Gasteiger partial charge in [-0.25, -0.2) is 9.37 Å². The van der Waals surface area contributed by atoms with E-state index in [2.05, 4.69) is 25.1 Å². The maximum atomic E-state index is 14.5. The molecule has 0 bridgehead atoms. The highest BCUT2D eigenvalue weighted by molar-refractivity contribution is 6.00. The quantitative estimate of drug-likeness (QED) is 0.386. The molecule has 6 nitrogen and oxygen atoms in total. The lowest BCUT2D eigenvalue weighted by Crippen LogP contribution is -1.89. The highest BCUT2D eigenvalue weighted by Crippen LogP contribution is 2.34. The molecule has 0 amide bonds. The molecule has 0 saturated carbocycles. The second kappa shape index (κ2) is 7.09. The summed E-state index contributed by atoms with van der Waals surface area (Å²) in [5.74, 6) is -0.284. The van der Waals surface area contributed by atoms with Crippen molar-refractivity contribution in [2.75, 3.05) is 0 Å². The van der Waals surface area contributed by atoms with Crippen LogP contribution < -0.4 is 0 Å². The summed E-state index contributed by atoms with van der Waals surface area (Å²) < 4.78 is 14.5. The lowest BCUT2D eigenvalue weighted by Gasteiger charge is -2.04. The van der Waals surface area contributed by atoms with E-state index in [-0.39, 0.29) is 5.82 Å². The van der Waals surface area contributed by atoms with E-state index in [0.29, 0.717) is 11.3 Å². The number of aryl methyl sites for hydroxylation is 1. The third-order valence-corrected chi connectivity index (χ3v) is 5.69. The zero-order chi connectivity index (χ0) is 21.7. The summed E-state index contributed by atoms with van der Waals surface area (Å²) in [7, 11) is 0. The predicted molar refractivity (Wildman–Crippen MR) is 122 cm³/mol. The van der Waals surface area contributed by atoms with Crippen LogP contribution in [0.2, 0.25) is 0 Å². The minimum Gasteiger partial charge on any atom is -0.352 e. The van der Waals surface area contributed by atoms with Crippen LogP contribution in [0.4, 0.5) is 4.39 Å². The second-order valence-electron chi connectivity index (χ2n) is 7.67. The molecule has 1 aromatic carbocycles. The number of halogens is 1. The maximum Gasteiger partial charge on any atom is 0.135 e. The van der Waals surface area contributed by atoms with Gasteiger partial charge in [-0.05, 0) is 42.8 Å². The molecule has 0 saturated heterocycles. The van der Waals surface area contributed by atoms with Crippen LogP contribution in [0.15, 0.2) is 73.3 Å². The lowest BCUT2D eigenvalue weighted by atomic mass is 10.0. The molecule has 0 atom stereocenters. The zero-order valence-electron chi connectivity index (χ0n) is 17.1. The monoisotopic (exact) mass is 420 g/mol. The van der Waals surface area contributed by atoms with E-state index in [4.69, 9.17) is 4.98 Å². The number of pyridine rings is 3. The van der Waals surface area contributed by atoms with Crippen LogP contribution in [0, 0.1) is 12.7 Å². The third-order valence-electron chi connectivity index (χ3n) is 5.69. The van der Waals surface area contributed by atoms with Gasteiger partial charge in [0.2, 0.25) is 0 Å². The fraction of sp³-hybridized carbons (Fsp3) is 0.0400. The number of nitrogens with one attached hydrogen (secondary N) is 2. The number of hydrogen-bond acceptors (Lipinski definition) is 4. The van der Waals surface area contributed by atoms with Gasteiger partial charge in [-0.3, -0.25) is 15.1 Å². The summed E-state index contributed by atoms with van der Waals surface area (Å²) in [5, 5.41) is 8.44. The lowest BCUT2D eigenvalue weighted by molar-refractivity contribution is 0.631. The summed E-state index contributed by atoms with van der Waals surface area (Å²) in [6.45, 7) is 2.04. The summed E-state index contributed by atoms with van der Waals surface area (Å²) in [6, 6.07) is 14.6. The van der Waals surface area contributed by atoms with E-state index in [1.54, 1.807) is 30.7 Å². The first-order valence-corrected chi connectivity index (χ1v) is 10.2. The van der Waals surface area contributed by atoms with Crippen molar-refractivity contribution in [2.24, 2.45) is 0 Å². The number of aromatic nitrogens is 6. The molecule has 0 aliphatic heterocycles. The van der Waals surface area contributed by atoms with Crippen molar-refractivity contribution < 1.29 is 4.39 Å². The Morgan fingerprint density at radius 1 is 0.844 bits per heavy atom. The Labute approximate surface area is 182 Å². The number of aromatic amines is 2.